The molecule has 2 rings (SSSR count). The zero-order chi connectivity index (χ0) is 18.4. The van der Waals surface area contributed by atoms with E-state index in [1.54, 1.807) is 14.2 Å². The number of anilines is 1. The molecule has 0 bridgehead atoms. The zero-order valence-corrected chi connectivity index (χ0v) is 16.0. The van der Waals surface area contributed by atoms with Gasteiger partial charge in [0.25, 0.3) is 0 Å². The Balaban J connectivity index is 2.03. The lowest BCUT2D eigenvalue weighted by molar-refractivity contribution is 0.355. The summed E-state index contributed by atoms with van der Waals surface area (Å²) in [7, 11) is 3.19. The van der Waals surface area contributed by atoms with Gasteiger partial charge < -0.3 is 14.8 Å². The Labute approximate surface area is 154 Å². The van der Waals surface area contributed by atoms with Crippen LogP contribution in [-0.4, -0.2) is 25.0 Å². The van der Waals surface area contributed by atoms with Crippen molar-refractivity contribution in [2.75, 3.05) is 19.5 Å². The van der Waals surface area contributed by atoms with Gasteiger partial charge in [-0.05, 0) is 67.9 Å². The number of nitrogens with zero attached hydrogens (tertiary/aromatic N) is 1. The Morgan fingerprint density at radius 3 is 2.32 bits per heavy atom. The molecule has 0 atom stereocenters. The van der Waals surface area contributed by atoms with Gasteiger partial charge >= 0.3 is 0 Å². The van der Waals surface area contributed by atoms with Crippen LogP contribution in [0.25, 0.3) is 0 Å². The number of hydrogen-bond acceptors (Lipinski definition) is 4. The molecular formula is C19H23N3O2S. The van der Waals surface area contributed by atoms with Gasteiger partial charge in [0, 0.05) is 11.8 Å². The highest BCUT2D eigenvalue weighted by Gasteiger charge is 2.06. The number of hydrazone groups is 1. The monoisotopic (exact) mass is 357 g/mol. The fraction of sp³-hybridized carbons (Fsp3) is 0.263. The van der Waals surface area contributed by atoms with Crippen molar-refractivity contribution >= 4 is 28.7 Å². The summed E-state index contributed by atoms with van der Waals surface area (Å²) in [5.41, 5.74) is 8.07. The Hall–Kier alpha value is -2.60. The lowest BCUT2D eigenvalue weighted by Gasteiger charge is -2.12. The van der Waals surface area contributed by atoms with E-state index >= 15 is 0 Å². The molecule has 2 aromatic carbocycles. The first kappa shape index (κ1) is 18.7. The molecule has 0 aromatic heterocycles. The molecule has 5 nitrogen and oxygen atoms in total. The number of methoxy groups -OCH3 is 2. The number of ether oxygens (including phenoxy) is 2. The second kappa shape index (κ2) is 8.48. The van der Waals surface area contributed by atoms with Crippen molar-refractivity contribution in [1.29, 1.82) is 0 Å². The molecule has 0 unspecified atom stereocenters. The molecule has 2 aromatic rings. The highest BCUT2D eigenvalue weighted by molar-refractivity contribution is 7.80. The quantitative estimate of drug-likeness (QED) is 0.481. The number of aryl methyl sites for hydroxylation is 2. The zero-order valence-electron chi connectivity index (χ0n) is 15.1. The highest BCUT2D eigenvalue weighted by Crippen LogP contribution is 2.29. The van der Waals surface area contributed by atoms with Gasteiger partial charge in [-0.2, -0.15) is 5.10 Å². The van der Waals surface area contributed by atoms with Crippen LogP contribution in [-0.2, 0) is 0 Å². The minimum atomic E-state index is 0.399. The molecule has 0 saturated carbocycles. The Morgan fingerprint density at radius 1 is 0.960 bits per heavy atom. The minimum absolute atomic E-state index is 0.399. The summed E-state index contributed by atoms with van der Waals surface area (Å²) in [6, 6.07) is 11.7. The fourth-order valence-electron chi connectivity index (χ4n) is 2.24. The van der Waals surface area contributed by atoms with Crippen LogP contribution >= 0.6 is 12.2 Å². The molecule has 0 aliphatic heterocycles. The summed E-state index contributed by atoms with van der Waals surface area (Å²) < 4.78 is 10.5. The van der Waals surface area contributed by atoms with Crippen molar-refractivity contribution in [3.05, 3.63) is 53.1 Å². The van der Waals surface area contributed by atoms with Crippen molar-refractivity contribution in [3.63, 3.8) is 0 Å². The molecule has 132 valence electrons. The molecule has 25 heavy (non-hydrogen) atoms. The lowest BCUT2D eigenvalue weighted by atomic mass is 10.0. The third-order valence-electron chi connectivity index (χ3n) is 3.89. The van der Waals surface area contributed by atoms with Crippen LogP contribution < -0.4 is 20.2 Å². The van der Waals surface area contributed by atoms with E-state index in [1.807, 2.05) is 31.2 Å². The third kappa shape index (κ3) is 4.93. The molecule has 0 amide bonds. The summed E-state index contributed by atoms with van der Waals surface area (Å²) in [4.78, 5) is 0. The van der Waals surface area contributed by atoms with E-state index in [4.69, 9.17) is 21.7 Å². The first-order valence-electron chi connectivity index (χ1n) is 7.85. The Morgan fingerprint density at radius 2 is 1.68 bits per heavy atom. The highest BCUT2D eigenvalue weighted by atomic mass is 32.1. The van der Waals surface area contributed by atoms with Crippen molar-refractivity contribution < 1.29 is 9.47 Å². The molecule has 0 aliphatic rings. The van der Waals surface area contributed by atoms with Crippen molar-refractivity contribution in [2.45, 2.75) is 20.8 Å². The van der Waals surface area contributed by atoms with Crippen molar-refractivity contribution in [1.82, 2.24) is 5.43 Å². The summed E-state index contributed by atoms with van der Waals surface area (Å²) in [5.74, 6) is 1.29. The first-order valence-corrected chi connectivity index (χ1v) is 8.26. The Kier molecular flexibility index (Phi) is 6.36. The molecule has 0 heterocycles. The number of hydrogen-bond donors (Lipinski definition) is 2. The molecule has 6 heteroatoms. The molecule has 0 radical (unpaired) electrons. The maximum atomic E-state index is 5.29. The normalized spacial score (nSPS) is 11.0. The maximum Gasteiger partial charge on any atom is 0.191 e. The summed E-state index contributed by atoms with van der Waals surface area (Å²) >= 11 is 5.29. The van der Waals surface area contributed by atoms with E-state index in [1.165, 1.54) is 11.1 Å². The van der Waals surface area contributed by atoms with E-state index in [-0.39, 0.29) is 0 Å². The average molecular weight is 357 g/mol. The summed E-state index contributed by atoms with van der Waals surface area (Å²) in [6.45, 7) is 6.12. The standard InChI is InChI=1S/C19H23N3O2S/c1-12-6-7-15(10-13(12)2)14(3)21-22-19(25)20-16-8-9-17(23-4)18(11-16)24-5/h6-11H,1-5H3,(H2,20,22,25). The van der Waals surface area contributed by atoms with Crippen LogP contribution in [0.4, 0.5) is 5.69 Å². The van der Waals surface area contributed by atoms with Gasteiger partial charge in [-0.3, -0.25) is 5.43 Å². The number of thiocarbonyl (C=S) groups is 1. The number of benzene rings is 2. The van der Waals surface area contributed by atoms with Gasteiger partial charge in [-0.25, -0.2) is 0 Å². The lowest BCUT2D eigenvalue weighted by Crippen LogP contribution is -2.25. The van der Waals surface area contributed by atoms with E-state index in [2.05, 4.69) is 41.8 Å². The van der Waals surface area contributed by atoms with Crippen molar-refractivity contribution in [2.24, 2.45) is 5.10 Å². The fourth-order valence-corrected chi connectivity index (χ4v) is 2.40. The number of nitrogens with one attached hydrogen (secondary N) is 2. The largest absolute Gasteiger partial charge is 0.493 e. The van der Waals surface area contributed by atoms with Crippen LogP contribution in [0.2, 0.25) is 0 Å². The SMILES string of the molecule is COc1ccc(NC(=S)NN=C(C)c2ccc(C)c(C)c2)cc1OC. The van der Waals surface area contributed by atoms with Gasteiger partial charge in [-0.15, -0.1) is 0 Å². The van der Waals surface area contributed by atoms with Crippen LogP contribution in [0.1, 0.15) is 23.6 Å². The van der Waals surface area contributed by atoms with E-state index in [9.17, 15) is 0 Å². The predicted octanol–water partition coefficient (Wildman–Crippen LogP) is 4.03. The Bertz CT molecular complexity index is 803. The van der Waals surface area contributed by atoms with Crippen molar-refractivity contribution in [3.8, 4) is 11.5 Å². The molecule has 2 N–H and O–H groups in total. The van der Waals surface area contributed by atoms with Crippen LogP contribution in [0.5, 0.6) is 11.5 Å². The third-order valence-corrected chi connectivity index (χ3v) is 4.08. The van der Waals surface area contributed by atoms with Crippen LogP contribution in [0.15, 0.2) is 41.5 Å². The van der Waals surface area contributed by atoms with E-state index in [0.29, 0.717) is 16.6 Å². The van der Waals surface area contributed by atoms with Crippen LogP contribution in [0, 0.1) is 13.8 Å². The second-order valence-corrected chi connectivity index (χ2v) is 6.04. The van der Waals surface area contributed by atoms with E-state index < -0.39 is 0 Å². The minimum Gasteiger partial charge on any atom is -0.493 e. The molecule has 0 saturated heterocycles. The van der Waals surface area contributed by atoms with Gasteiger partial charge in [0.1, 0.15) is 0 Å². The molecular weight excluding hydrogens is 334 g/mol. The summed E-state index contributed by atoms with van der Waals surface area (Å²) in [5, 5.41) is 7.82. The first-order chi connectivity index (χ1) is 11.9. The average Bonchev–Trinajstić information content (AvgIpc) is 2.61. The second-order valence-electron chi connectivity index (χ2n) is 5.63. The number of rotatable bonds is 5. The van der Waals surface area contributed by atoms with Gasteiger partial charge in [0.15, 0.2) is 16.6 Å². The predicted molar refractivity (Wildman–Crippen MR) is 107 cm³/mol. The van der Waals surface area contributed by atoms with Gasteiger partial charge in [0.05, 0.1) is 19.9 Å². The topological polar surface area (TPSA) is 54.9 Å². The smallest absolute Gasteiger partial charge is 0.191 e. The van der Waals surface area contributed by atoms with Gasteiger partial charge in [0.2, 0.25) is 0 Å². The van der Waals surface area contributed by atoms with Crippen LogP contribution in [0.3, 0.4) is 0 Å². The molecule has 0 fully saturated rings. The van der Waals surface area contributed by atoms with E-state index in [0.717, 1.165) is 17.0 Å². The maximum absolute atomic E-state index is 5.29. The molecule has 0 spiro atoms. The summed E-state index contributed by atoms with van der Waals surface area (Å²) in [6.07, 6.45) is 0. The molecule has 0 aliphatic carbocycles. The van der Waals surface area contributed by atoms with Gasteiger partial charge in [-0.1, -0.05) is 12.1 Å².